The Kier molecular flexibility index (Phi) is 5.47. The molecule has 0 aliphatic rings. The van der Waals surface area contributed by atoms with Gasteiger partial charge in [0.25, 0.3) is 5.91 Å². The fourth-order valence-corrected chi connectivity index (χ4v) is 3.27. The molecule has 0 radical (unpaired) electrons. The van der Waals surface area contributed by atoms with Crippen LogP contribution in [0, 0.1) is 0 Å². The number of sulfonamides is 1. The molecule has 0 aromatic carbocycles. The van der Waals surface area contributed by atoms with Crippen molar-refractivity contribution in [2.75, 3.05) is 5.75 Å². The smallest absolute Gasteiger partial charge is 0.257 e. The van der Waals surface area contributed by atoms with Gasteiger partial charge in [-0.25, -0.2) is 18.1 Å². The summed E-state index contributed by atoms with van der Waals surface area (Å²) in [6.45, 7) is 7.92. The predicted molar refractivity (Wildman–Crippen MR) is 82.1 cm³/mol. The first-order valence-electron chi connectivity index (χ1n) is 6.33. The van der Waals surface area contributed by atoms with Crippen LogP contribution in [0.1, 0.15) is 44.0 Å². The lowest BCUT2D eigenvalue weighted by molar-refractivity contribution is -0.114. The first-order chi connectivity index (χ1) is 9.14. The summed E-state index contributed by atoms with van der Waals surface area (Å²) in [6, 6.07) is 0. The van der Waals surface area contributed by atoms with Gasteiger partial charge in [-0.05, 0) is 12.5 Å². The highest BCUT2D eigenvalue weighted by Crippen LogP contribution is 2.27. The molecule has 1 amide bonds. The van der Waals surface area contributed by atoms with Gasteiger partial charge in [0.15, 0.2) is 0 Å². The molecule has 1 rings (SSSR count). The third-order valence-electron chi connectivity index (χ3n) is 2.29. The summed E-state index contributed by atoms with van der Waals surface area (Å²) >= 11 is 1.48. The van der Waals surface area contributed by atoms with Gasteiger partial charge in [-0.2, -0.15) is 0 Å². The molecule has 0 saturated carbocycles. The number of nitrogens with one attached hydrogen (secondary N) is 1. The molecule has 5 nitrogen and oxygen atoms in total. The van der Waals surface area contributed by atoms with Crippen molar-refractivity contribution in [2.24, 2.45) is 0 Å². The van der Waals surface area contributed by atoms with E-state index in [-0.39, 0.29) is 11.2 Å². The zero-order chi connectivity index (χ0) is 15.4. The zero-order valence-electron chi connectivity index (χ0n) is 12.1. The molecule has 0 atom stereocenters. The van der Waals surface area contributed by atoms with E-state index in [9.17, 15) is 13.2 Å². The number of aromatic nitrogens is 1. The summed E-state index contributed by atoms with van der Waals surface area (Å²) in [7, 11) is -3.52. The Morgan fingerprint density at radius 3 is 2.60 bits per heavy atom. The second-order valence-corrected chi connectivity index (χ2v) is 8.34. The molecule has 0 unspecified atom stereocenters. The van der Waals surface area contributed by atoms with Gasteiger partial charge < -0.3 is 0 Å². The van der Waals surface area contributed by atoms with E-state index in [2.05, 4.69) is 25.8 Å². The Morgan fingerprint density at radius 1 is 1.45 bits per heavy atom. The van der Waals surface area contributed by atoms with Crippen LogP contribution in [0.2, 0.25) is 0 Å². The van der Waals surface area contributed by atoms with E-state index in [0.29, 0.717) is 6.42 Å². The average molecular weight is 316 g/mol. The van der Waals surface area contributed by atoms with Gasteiger partial charge in [-0.15, -0.1) is 11.3 Å². The topological polar surface area (TPSA) is 76.1 Å². The molecule has 0 fully saturated rings. The van der Waals surface area contributed by atoms with E-state index in [0.717, 1.165) is 9.88 Å². The van der Waals surface area contributed by atoms with Crippen LogP contribution >= 0.6 is 11.3 Å². The maximum Gasteiger partial charge on any atom is 0.257 e. The minimum absolute atomic E-state index is 0.0382. The minimum atomic E-state index is -3.52. The van der Waals surface area contributed by atoms with Gasteiger partial charge in [0.2, 0.25) is 10.0 Å². The Hall–Kier alpha value is -1.21. The van der Waals surface area contributed by atoms with E-state index >= 15 is 0 Å². The van der Waals surface area contributed by atoms with Gasteiger partial charge >= 0.3 is 0 Å². The lowest BCUT2D eigenvalue weighted by atomic mass is 9.98. The zero-order valence-corrected chi connectivity index (χ0v) is 13.8. The van der Waals surface area contributed by atoms with Gasteiger partial charge in [0, 0.05) is 22.6 Å². The molecule has 0 spiro atoms. The Labute approximate surface area is 124 Å². The molecular weight excluding hydrogens is 296 g/mol. The summed E-state index contributed by atoms with van der Waals surface area (Å²) in [5.74, 6) is -0.689. The number of rotatable bonds is 5. The van der Waals surface area contributed by atoms with Crippen LogP contribution in [0.4, 0.5) is 0 Å². The first-order valence-corrected chi connectivity index (χ1v) is 8.80. The van der Waals surface area contributed by atoms with Crippen LogP contribution in [-0.4, -0.2) is 25.1 Å². The van der Waals surface area contributed by atoms with Gasteiger partial charge in [-0.1, -0.05) is 27.7 Å². The summed E-state index contributed by atoms with van der Waals surface area (Å²) in [6.07, 6.45) is 4.93. The molecule has 7 heteroatoms. The summed E-state index contributed by atoms with van der Waals surface area (Å²) in [5.41, 5.74) is -0.0382. The van der Waals surface area contributed by atoms with Crippen LogP contribution in [0.3, 0.4) is 0 Å². The first kappa shape index (κ1) is 16.8. The van der Waals surface area contributed by atoms with Gasteiger partial charge in [-0.3, -0.25) is 4.79 Å². The number of nitrogens with zero attached hydrogens (tertiary/aromatic N) is 1. The van der Waals surface area contributed by atoms with Crippen molar-refractivity contribution in [1.82, 2.24) is 9.71 Å². The van der Waals surface area contributed by atoms with E-state index < -0.39 is 15.9 Å². The van der Waals surface area contributed by atoms with E-state index in [1.807, 2.05) is 4.72 Å². The number of thiazole rings is 1. The molecule has 0 aliphatic heterocycles. The van der Waals surface area contributed by atoms with E-state index in [1.165, 1.54) is 17.4 Å². The SMILES string of the molecule is CCCS(=O)(=O)NC(=O)C=Cc1cnc(C(C)(C)C)s1. The standard InChI is InChI=1S/C13H20N2O3S2/c1-5-8-20(17,18)15-11(16)7-6-10-9-14-12(19-10)13(2,3)4/h6-7,9H,5,8H2,1-4H3,(H,15,16). The third-order valence-corrected chi connectivity index (χ3v) is 5.14. The molecule has 20 heavy (non-hydrogen) atoms. The van der Waals surface area contributed by atoms with Crippen LogP contribution in [0.5, 0.6) is 0 Å². The normalized spacial score (nSPS) is 12.8. The van der Waals surface area contributed by atoms with Crippen LogP contribution in [-0.2, 0) is 20.2 Å². The van der Waals surface area contributed by atoms with E-state index in [1.54, 1.807) is 19.2 Å². The Bertz CT molecular complexity index is 595. The predicted octanol–water partition coefficient (Wildman–Crippen LogP) is 2.31. The number of carbonyl (C=O) groups is 1. The lowest BCUT2D eigenvalue weighted by Crippen LogP contribution is -2.30. The summed E-state index contributed by atoms with van der Waals surface area (Å²) in [4.78, 5) is 16.6. The van der Waals surface area contributed by atoms with Crippen LogP contribution in [0.25, 0.3) is 6.08 Å². The van der Waals surface area contributed by atoms with Crippen molar-refractivity contribution in [3.8, 4) is 0 Å². The summed E-state index contributed by atoms with van der Waals surface area (Å²) < 4.78 is 24.8. The maximum absolute atomic E-state index is 11.5. The van der Waals surface area contributed by atoms with Gasteiger partial charge in [0.05, 0.1) is 10.8 Å². The molecule has 0 saturated heterocycles. The average Bonchev–Trinajstić information content (AvgIpc) is 2.73. The minimum Gasteiger partial charge on any atom is -0.269 e. The molecular formula is C13H20N2O3S2. The third kappa shape index (κ3) is 5.42. The van der Waals surface area contributed by atoms with Crippen LogP contribution < -0.4 is 4.72 Å². The van der Waals surface area contributed by atoms with Gasteiger partial charge in [0.1, 0.15) is 0 Å². The van der Waals surface area contributed by atoms with Crippen molar-refractivity contribution in [3.05, 3.63) is 22.2 Å². The lowest BCUT2D eigenvalue weighted by Gasteiger charge is -2.13. The highest BCUT2D eigenvalue weighted by Gasteiger charge is 2.17. The molecule has 112 valence electrons. The Morgan fingerprint density at radius 2 is 2.10 bits per heavy atom. The van der Waals surface area contributed by atoms with Crippen LogP contribution in [0.15, 0.2) is 12.3 Å². The monoisotopic (exact) mass is 316 g/mol. The molecule has 1 aromatic heterocycles. The molecule has 1 N–H and O–H groups in total. The number of amides is 1. The highest BCUT2D eigenvalue weighted by atomic mass is 32.2. The van der Waals surface area contributed by atoms with Crippen molar-refractivity contribution < 1.29 is 13.2 Å². The van der Waals surface area contributed by atoms with Crippen molar-refractivity contribution >= 4 is 33.3 Å². The quantitative estimate of drug-likeness (QED) is 0.846. The number of carbonyl (C=O) groups excluding carboxylic acids is 1. The molecule has 0 aliphatic carbocycles. The van der Waals surface area contributed by atoms with Crippen molar-refractivity contribution in [2.45, 2.75) is 39.5 Å². The molecule has 1 heterocycles. The fourth-order valence-electron chi connectivity index (χ4n) is 1.38. The number of hydrogen-bond donors (Lipinski definition) is 1. The maximum atomic E-state index is 11.5. The van der Waals surface area contributed by atoms with Crippen molar-refractivity contribution in [3.63, 3.8) is 0 Å². The molecule has 1 aromatic rings. The van der Waals surface area contributed by atoms with E-state index in [4.69, 9.17) is 0 Å². The highest BCUT2D eigenvalue weighted by molar-refractivity contribution is 7.90. The largest absolute Gasteiger partial charge is 0.269 e. The Balaban J connectivity index is 2.69. The van der Waals surface area contributed by atoms with Crippen molar-refractivity contribution in [1.29, 1.82) is 0 Å². The second-order valence-electron chi connectivity index (χ2n) is 5.44. The summed E-state index contributed by atoms with van der Waals surface area (Å²) in [5, 5.41) is 0.969. The molecule has 0 bridgehead atoms. The number of hydrogen-bond acceptors (Lipinski definition) is 5. The second kappa shape index (κ2) is 6.49. The fraction of sp³-hybridized carbons (Fsp3) is 0.538.